The molecule has 0 aliphatic heterocycles. The van der Waals surface area contributed by atoms with Gasteiger partial charge in [0.25, 0.3) is 0 Å². The Morgan fingerprint density at radius 3 is 2.62 bits per heavy atom. The Morgan fingerprint density at radius 2 is 2.08 bits per heavy atom. The van der Waals surface area contributed by atoms with Gasteiger partial charge in [0, 0.05) is 6.54 Å². The smallest absolute Gasteiger partial charge is 0.000747 e. The maximum absolute atomic E-state index is 3.38. The molecule has 2 unspecified atom stereocenters. The maximum Gasteiger partial charge on any atom is 0.000747 e. The van der Waals surface area contributed by atoms with Gasteiger partial charge >= 0.3 is 0 Å². The molecule has 0 spiro atoms. The molecule has 0 aromatic carbocycles. The molecule has 2 atom stereocenters. The average Bonchev–Trinajstić information content (AvgIpc) is 2.86. The minimum atomic E-state index is 0.740. The monoisotopic (exact) mass is 181 g/mol. The van der Waals surface area contributed by atoms with E-state index >= 15 is 0 Å². The van der Waals surface area contributed by atoms with E-state index in [4.69, 9.17) is 0 Å². The Kier molecular flexibility index (Phi) is 2.64. The summed E-state index contributed by atoms with van der Waals surface area (Å²) < 4.78 is 0. The SMILES string of the molecule is CNCC1(C2CCCC(C)C2)CC1. The topological polar surface area (TPSA) is 12.0 Å². The molecule has 0 aromatic heterocycles. The summed E-state index contributed by atoms with van der Waals surface area (Å²) in [7, 11) is 2.10. The van der Waals surface area contributed by atoms with Crippen LogP contribution in [0.5, 0.6) is 0 Å². The van der Waals surface area contributed by atoms with Gasteiger partial charge in [0.2, 0.25) is 0 Å². The molecule has 0 aromatic rings. The fraction of sp³-hybridized carbons (Fsp3) is 1.00. The highest BCUT2D eigenvalue weighted by molar-refractivity contribution is 5.00. The highest BCUT2D eigenvalue weighted by atomic mass is 14.9. The molecule has 2 aliphatic carbocycles. The molecule has 0 amide bonds. The second-order valence-corrected chi connectivity index (χ2v) is 5.36. The quantitative estimate of drug-likeness (QED) is 0.706. The van der Waals surface area contributed by atoms with Crippen LogP contribution in [0, 0.1) is 17.3 Å². The van der Waals surface area contributed by atoms with Crippen molar-refractivity contribution in [2.75, 3.05) is 13.6 Å². The predicted octanol–water partition coefficient (Wildman–Crippen LogP) is 2.81. The van der Waals surface area contributed by atoms with Crippen LogP contribution in [0.2, 0.25) is 0 Å². The zero-order chi connectivity index (χ0) is 9.31. The molecule has 2 aliphatic rings. The minimum absolute atomic E-state index is 0.740. The zero-order valence-electron chi connectivity index (χ0n) is 9.10. The highest BCUT2D eigenvalue weighted by Crippen LogP contribution is 2.56. The van der Waals surface area contributed by atoms with Gasteiger partial charge in [0.1, 0.15) is 0 Å². The van der Waals surface area contributed by atoms with E-state index in [1.807, 2.05) is 0 Å². The number of nitrogens with one attached hydrogen (secondary N) is 1. The maximum atomic E-state index is 3.38. The Labute approximate surface area is 82.3 Å². The third-order valence-corrected chi connectivity index (χ3v) is 4.22. The predicted molar refractivity (Wildman–Crippen MR) is 56.7 cm³/mol. The standard InChI is InChI=1S/C12H23N/c1-10-4-3-5-11(8-10)12(6-7-12)9-13-2/h10-11,13H,3-9H2,1-2H3. The first-order chi connectivity index (χ1) is 6.27. The first-order valence-electron chi connectivity index (χ1n) is 5.91. The van der Waals surface area contributed by atoms with E-state index in [-0.39, 0.29) is 0 Å². The summed E-state index contributed by atoms with van der Waals surface area (Å²) in [6.45, 7) is 3.70. The molecule has 76 valence electrons. The second kappa shape index (κ2) is 3.61. The van der Waals surface area contributed by atoms with E-state index in [0.717, 1.165) is 17.3 Å². The van der Waals surface area contributed by atoms with E-state index in [0.29, 0.717) is 0 Å². The summed E-state index contributed by atoms with van der Waals surface area (Å²) in [6, 6.07) is 0. The molecule has 2 saturated carbocycles. The fourth-order valence-corrected chi connectivity index (χ4v) is 3.23. The van der Waals surface area contributed by atoms with Crippen molar-refractivity contribution >= 4 is 0 Å². The molecule has 1 nitrogen and oxygen atoms in total. The number of rotatable bonds is 3. The normalized spacial score (nSPS) is 37.4. The minimum Gasteiger partial charge on any atom is -0.319 e. The van der Waals surface area contributed by atoms with Gasteiger partial charge in [-0.2, -0.15) is 0 Å². The van der Waals surface area contributed by atoms with Gasteiger partial charge in [-0.25, -0.2) is 0 Å². The van der Waals surface area contributed by atoms with Crippen molar-refractivity contribution in [3.63, 3.8) is 0 Å². The van der Waals surface area contributed by atoms with Crippen LogP contribution in [-0.4, -0.2) is 13.6 Å². The summed E-state index contributed by atoms with van der Waals surface area (Å²) in [5, 5.41) is 3.38. The molecule has 0 bridgehead atoms. The van der Waals surface area contributed by atoms with Gasteiger partial charge in [-0.1, -0.05) is 19.8 Å². The van der Waals surface area contributed by atoms with Crippen molar-refractivity contribution in [1.82, 2.24) is 5.32 Å². The van der Waals surface area contributed by atoms with Crippen LogP contribution < -0.4 is 5.32 Å². The zero-order valence-corrected chi connectivity index (χ0v) is 9.10. The molecule has 0 saturated heterocycles. The average molecular weight is 181 g/mol. The number of hydrogen-bond acceptors (Lipinski definition) is 1. The third-order valence-electron chi connectivity index (χ3n) is 4.22. The molecule has 0 radical (unpaired) electrons. The summed E-state index contributed by atoms with van der Waals surface area (Å²) in [4.78, 5) is 0. The molecule has 1 N–H and O–H groups in total. The van der Waals surface area contributed by atoms with Crippen LogP contribution >= 0.6 is 0 Å². The van der Waals surface area contributed by atoms with Gasteiger partial charge < -0.3 is 5.32 Å². The van der Waals surface area contributed by atoms with Gasteiger partial charge in [0.05, 0.1) is 0 Å². The lowest BCUT2D eigenvalue weighted by Crippen LogP contribution is -2.30. The fourth-order valence-electron chi connectivity index (χ4n) is 3.23. The van der Waals surface area contributed by atoms with Crippen molar-refractivity contribution in [1.29, 1.82) is 0 Å². The van der Waals surface area contributed by atoms with Crippen molar-refractivity contribution < 1.29 is 0 Å². The van der Waals surface area contributed by atoms with Crippen LogP contribution in [0.15, 0.2) is 0 Å². The Balaban J connectivity index is 1.91. The van der Waals surface area contributed by atoms with E-state index in [2.05, 4.69) is 19.3 Å². The lowest BCUT2D eigenvalue weighted by Gasteiger charge is -2.33. The molecule has 2 fully saturated rings. The second-order valence-electron chi connectivity index (χ2n) is 5.36. The van der Waals surface area contributed by atoms with Gasteiger partial charge in [0.15, 0.2) is 0 Å². The van der Waals surface area contributed by atoms with Crippen molar-refractivity contribution in [2.45, 2.75) is 45.4 Å². The number of hydrogen-bond donors (Lipinski definition) is 1. The van der Waals surface area contributed by atoms with Crippen LogP contribution in [0.1, 0.15) is 45.4 Å². The summed E-state index contributed by atoms with van der Waals surface area (Å²) in [6.07, 6.45) is 8.95. The van der Waals surface area contributed by atoms with Crippen molar-refractivity contribution in [3.05, 3.63) is 0 Å². The highest BCUT2D eigenvalue weighted by Gasteiger charge is 2.48. The third kappa shape index (κ3) is 1.90. The summed E-state index contributed by atoms with van der Waals surface area (Å²) in [5.74, 6) is 2.04. The molecular formula is C12H23N. The summed E-state index contributed by atoms with van der Waals surface area (Å²) in [5.41, 5.74) is 0.740. The molecule has 1 heteroatoms. The molecular weight excluding hydrogens is 158 g/mol. The first-order valence-corrected chi connectivity index (χ1v) is 5.91. The van der Waals surface area contributed by atoms with Crippen molar-refractivity contribution in [3.8, 4) is 0 Å². The van der Waals surface area contributed by atoms with E-state index in [9.17, 15) is 0 Å². The van der Waals surface area contributed by atoms with Gasteiger partial charge in [-0.3, -0.25) is 0 Å². The molecule has 0 heterocycles. The summed E-state index contributed by atoms with van der Waals surface area (Å²) >= 11 is 0. The van der Waals surface area contributed by atoms with E-state index < -0.39 is 0 Å². The Hall–Kier alpha value is -0.0400. The lowest BCUT2D eigenvalue weighted by atomic mass is 9.74. The molecule has 13 heavy (non-hydrogen) atoms. The van der Waals surface area contributed by atoms with E-state index in [1.54, 1.807) is 0 Å². The Morgan fingerprint density at radius 1 is 1.31 bits per heavy atom. The van der Waals surface area contributed by atoms with Crippen LogP contribution in [-0.2, 0) is 0 Å². The Bertz CT molecular complexity index is 172. The van der Waals surface area contributed by atoms with Crippen LogP contribution in [0.4, 0.5) is 0 Å². The van der Waals surface area contributed by atoms with Crippen LogP contribution in [0.3, 0.4) is 0 Å². The first kappa shape index (κ1) is 9.51. The van der Waals surface area contributed by atoms with Gasteiger partial charge in [-0.05, 0) is 50.0 Å². The lowest BCUT2D eigenvalue weighted by molar-refractivity contribution is 0.185. The molecule has 2 rings (SSSR count). The van der Waals surface area contributed by atoms with Crippen molar-refractivity contribution in [2.24, 2.45) is 17.3 Å². The van der Waals surface area contributed by atoms with E-state index in [1.165, 1.54) is 45.1 Å². The van der Waals surface area contributed by atoms with Crippen LogP contribution in [0.25, 0.3) is 0 Å². The van der Waals surface area contributed by atoms with Gasteiger partial charge in [-0.15, -0.1) is 0 Å². The largest absolute Gasteiger partial charge is 0.319 e.